The van der Waals surface area contributed by atoms with Gasteiger partial charge in [-0.2, -0.15) is 12.7 Å². The van der Waals surface area contributed by atoms with E-state index in [2.05, 4.69) is 25.8 Å². The molecule has 0 spiro atoms. The molecular formula is C11H17BrN4O3S. The quantitative estimate of drug-likeness (QED) is 0.318. The van der Waals surface area contributed by atoms with Crippen molar-refractivity contribution in [3.05, 3.63) is 28.2 Å². The Bertz CT molecular complexity index is 616. The van der Waals surface area contributed by atoms with Gasteiger partial charge in [-0.05, 0) is 48.0 Å². The van der Waals surface area contributed by atoms with Crippen LogP contribution in [0.2, 0.25) is 0 Å². The minimum atomic E-state index is -3.63. The van der Waals surface area contributed by atoms with Crippen LogP contribution in [0.15, 0.2) is 27.8 Å². The molecule has 7 nitrogen and oxygen atoms in total. The number of hydrogen-bond acceptors (Lipinski definition) is 4. The topological polar surface area (TPSA) is 108 Å². The molecule has 9 heteroatoms. The van der Waals surface area contributed by atoms with Gasteiger partial charge < -0.3 is 10.9 Å². The number of nitrogens with two attached hydrogens (primary N) is 1. The summed E-state index contributed by atoms with van der Waals surface area (Å²) in [4.78, 5) is 0. The van der Waals surface area contributed by atoms with Crippen LogP contribution in [0.5, 0.6) is 0 Å². The van der Waals surface area contributed by atoms with E-state index < -0.39 is 10.2 Å². The molecule has 0 aliphatic rings. The first kappa shape index (κ1) is 16.7. The van der Waals surface area contributed by atoms with E-state index in [0.29, 0.717) is 15.7 Å². The van der Waals surface area contributed by atoms with Gasteiger partial charge in [0.25, 0.3) is 0 Å². The Kier molecular flexibility index (Phi) is 5.37. The molecule has 4 N–H and O–H groups in total. The second-order valence-corrected chi connectivity index (χ2v) is 6.98. The average Bonchev–Trinajstić information content (AvgIpc) is 2.38. The monoisotopic (exact) mass is 364 g/mol. The van der Waals surface area contributed by atoms with Crippen molar-refractivity contribution < 1.29 is 13.6 Å². The minimum absolute atomic E-state index is 0.0561. The van der Waals surface area contributed by atoms with Crippen LogP contribution in [0, 0.1) is 0 Å². The third kappa shape index (κ3) is 3.84. The van der Waals surface area contributed by atoms with Crippen LogP contribution in [0.4, 0.5) is 5.69 Å². The Hall–Kier alpha value is -1.32. The zero-order valence-corrected chi connectivity index (χ0v) is 13.7. The summed E-state index contributed by atoms with van der Waals surface area (Å²) in [6.07, 6.45) is 0. The molecule has 112 valence electrons. The van der Waals surface area contributed by atoms with Crippen molar-refractivity contribution in [3.8, 4) is 0 Å². The summed E-state index contributed by atoms with van der Waals surface area (Å²) in [5.74, 6) is -0.0561. The van der Waals surface area contributed by atoms with E-state index in [1.54, 1.807) is 26.0 Å². The van der Waals surface area contributed by atoms with E-state index in [-0.39, 0.29) is 11.9 Å². The fraction of sp³-hybridized carbons (Fsp3) is 0.364. The Morgan fingerprint density at radius 1 is 1.50 bits per heavy atom. The summed E-state index contributed by atoms with van der Waals surface area (Å²) in [7, 11) is -2.14. The fourth-order valence-corrected chi connectivity index (χ4v) is 3.07. The molecule has 0 bridgehead atoms. The number of anilines is 1. The summed E-state index contributed by atoms with van der Waals surface area (Å²) in [5, 5.41) is 11.5. The zero-order chi connectivity index (χ0) is 15.5. The molecule has 1 rings (SSSR count). The minimum Gasteiger partial charge on any atom is -0.409 e. The lowest BCUT2D eigenvalue weighted by Crippen LogP contribution is -2.37. The Morgan fingerprint density at radius 3 is 2.55 bits per heavy atom. The molecule has 0 amide bonds. The van der Waals surface area contributed by atoms with Crippen molar-refractivity contribution in [3.63, 3.8) is 0 Å². The number of amidine groups is 1. The van der Waals surface area contributed by atoms with Gasteiger partial charge in [0.05, 0.1) is 5.69 Å². The normalized spacial score (nSPS) is 13.0. The molecule has 0 saturated carbocycles. The molecule has 0 aliphatic carbocycles. The van der Waals surface area contributed by atoms with Gasteiger partial charge in [0, 0.05) is 23.1 Å². The number of hydrogen-bond donors (Lipinski definition) is 3. The summed E-state index contributed by atoms with van der Waals surface area (Å²) >= 11 is 3.25. The van der Waals surface area contributed by atoms with E-state index in [0.717, 1.165) is 0 Å². The molecule has 0 aliphatic heterocycles. The first-order valence-corrected chi connectivity index (χ1v) is 7.95. The summed E-state index contributed by atoms with van der Waals surface area (Å²) in [5.41, 5.74) is 6.30. The molecule has 0 atom stereocenters. The van der Waals surface area contributed by atoms with Crippen molar-refractivity contribution in [1.29, 1.82) is 0 Å². The highest BCUT2D eigenvalue weighted by molar-refractivity contribution is 9.10. The number of oxime groups is 1. The van der Waals surface area contributed by atoms with Crippen molar-refractivity contribution in [2.24, 2.45) is 10.9 Å². The van der Waals surface area contributed by atoms with E-state index in [1.165, 1.54) is 17.4 Å². The largest absolute Gasteiger partial charge is 0.409 e. The number of nitrogens with zero attached hydrogens (tertiary/aromatic N) is 2. The van der Waals surface area contributed by atoms with Crippen molar-refractivity contribution in [2.75, 3.05) is 11.8 Å². The molecule has 0 radical (unpaired) electrons. The summed E-state index contributed by atoms with van der Waals surface area (Å²) in [6.45, 7) is 3.55. The van der Waals surface area contributed by atoms with Gasteiger partial charge in [-0.3, -0.25) is 4.72 Å². The SMILES string of the molecule is CC(C)N(C)S(=O)(=O)Nc1ccc(/C(N)=N/O)cc1Br. The summed E-state index contributed by atoms with van der Waals surface area (Å²) in [6, 6.07) is 4.47. The highest BCUT2D eigenvalue weighted by Crippen LogP contribution is 2.25. The van der Waals surface area contributed by atoms with E-state index >= 15 is 0 Å². The third-order valence-corrected chi connectivity index (χ3v) is 5.03. The van der Waals surface area contributed by atoms with Gasteiger partial charge >= 0.3 is 10.2 Å². The molecular weight excluding hydrogens is 348 g/mol. The first-order chi connectivity index (χ1) is 9.19. The molecule has 0 unspecified atom stereocenters. The third-order valence-electron chi connectivity index (χ3n) is 2.72. The predicted molar refractivity (Wildman–Crippen MR) is 82.1 cm³/mol. The van der Waals surface area contributed by atoms with Crippen LogP contribution in [-0.4, -0.2) is 36.9 Å². The van der Waals surface area contributed by atoms with Gasteiger partial charge in [0.1, 0.15) is 0 Å². The fourth-order valence-electron chi connectivity index (χ4n) is 1.30. The molecule has 1 aromatic carbocycles. The lowest BCUT2D eigenvalue weighted by molar-refractivity contribution is 0.318. The van der Waals surface area contributed by atoms with Crippen LogP contribution in [0.25, 0.3) is 0 Å². The van der Waals surface area contributed by atoms with Crippen LogP contribution >= 0.6 is 15.9 Å². The van der Waals surface area contributed by atoms with Crippen LogP contribution in [0.3, 0.4) is 0 Å². The van der Waals surface area contributed by atoms with Gasteiger partial charge in [-0.25, -0.2) is 0 Å². The van der Waals surface area contributed by atoms with Gasteiger partial charge in [0.15, 0.2) is 5.84 Å². The van der Waals surface area contributed by atoms with Crippen LogP contribution in [0.1, 0.15) is 19.4 Å². The lowest BCUT2D eigenvalue weighted by Gasteiger charge is -2.22. The highest BCUT2D eigenvalue weighted by Gasteiger charge is 2.21. The maximum absolute atomic E-state index is 12.1. The lowest BCUT2D eigenvalue weighted by atomic mass is 10.2. The van der Waals surface area contributed by atoms with Crippen LogP contribution < -0.4 is 10.5 Å². The standard InChI is InChI=1S/C11H17BrN4O3S/c1-7(2)16(3)20(18,19)15-10-5-4-8(6-9(10)12)11(13)14-17/h4-7,15,17H,1-3H3,(H2,13,14). The van der Waals surface area contributed by atoms with Crippen molar-refractivity contribution in [1.82, 2.24) is 4.31 Å². The van der Waals surface area contributed by atoms with E-state index in [1.807, 2.05) is 0 Å². The smallest absolute Gasteiger partial charge is 0.301 e. The molecule has 0 heterocycles. The first-order valence-electron chi connectivity index (χ1n) is 5.72. The highest BCUT2D eigenvalue weighted by atomic mass is 79.9. The van der Waals surface area contributed by atoms with Gasteiger partial charge in [0.2, 0.25) is 0 Å². The average molecular weight is 365 g/mol. The van der Waals surface area contributed by atoms with Gasteiger partial charge in [-0.1, -0.05) is 5.16 Å². The number of rotatable bonds is 5. The number of nitrogens with one attached hydrogen (secondary N) is 1. The van der Waals surface area contributed by atoms with Crippen molar-refractivity contribution >= 4 is 37.7 Å². The van der Waals surface area contributed by atoms with Crippen LogP contribution in [-0.2, 0) is 10.2 Å². The Morgan fingerprint density at radius 2 is 2.10 bits per heavy atom. The number of halogens is 1. The molecule has 1 aromatic rings. The summed E-state index contributed by atoms with van der Waals surface area (Å²) < 4.78 is 28.3. The second-order valence-electron chi connectivity index (χ2n) is 4.40. The predicted octanol–water partition coefficient (Wildman–Crippen LogP) is 1.54. The molecule has 0 saturated heterocycles. The molecule has 0 aromatic heterocycles. The zero-order valence-electron chi connectivity index (χ0n) is 11.3. The van der Waals surface area contributed by atoms with E-state index in [4.69, 9.17) is 10.9 Å². The number of benzene rings is 1. The maximum atomic E-state index is 12.1. The van der Waals surface area contributed by atoms with Crippen molar-refractivity contribution in [2.45, 2.75) is 19.9 Å². The Balaban J connectivity index is 3.06. The second kappa shape index (κ2) is 6.42. The molecule has 20 heavy (non-hydrogen) atoms. The Labute approximate surface area is 126 Å². The maximum Gasteiger partial charge on any atom is 0.301 e. The molecule has 0 fully saturated rings. The van der Waals surface area contributed by atoms with E-state index in [9.17, 15) is 8.42 Å². The van der Waals surface area contributed by atoms with Gasteiger partial charge in [-0.15, -0.1) is 0 Å².